The number of carbonyl (C=O) groups is 1. The molecule has 0 spiro atoms. The SMILES string of the molecule is CSc1nc2nc(NNC(=O)c3ccncc3)c3ccccc3n2n1. The molecule has 3 heterocycles. The Kier molecular flexibility index (Phi) is 3.90. The zero-order valence-corrected chi connectivity index (χ0v) is 14.0. The van der Waals surface area contributed by atoms with Crippen LogP contribution in [0.15, 0.2) is 53.9 Å². The molecule has 0 atom stereocenters. The molecule has 3 aromatic heterocycles. The Morgan fingerprint density at radius 3 is 2.72 bits per heavy atom. The van der Waals surface area contributed by atoms with Crippen molar-refractivity contribution < 1.29 is 4.79 Å². The summed E-state index contributed by atoms with van der Waals surface area (Å²) in [6.07, 6.45) is 5.04. The van der Waals surface area contributed by atoms with E-state index in [1.807, 2.05) is 30.5 Å². The highest BCUT2D eigenvalue weighted by atomic mass is 32.2. The number of hydrazine groups is 1. The van der Waals surface area contributed by atoms with Crippen molar-refractivity contribution >= 4 is 40.2 Å². The van der Waals surface area contributed by atoms with Gasteiger partial charge in [0.25, 0.3) is 11.7 Å². The molecule has 4 aromatic rings. The van der Waals surface area contributed by atoms with Crippen LogP contribution in [0.2, 0.25) is 0 Å². The van der Waals surface area contributed by atoms with E-state index in [9.17, 15) is 4.79 Å². The van der Waals surface area contributed by atoms with Crippen LogP contribution in [0.1, 0.15) is 10.4 Å². The lowest BCUT2D eigenvalue weighted by molar-refractivity contribution is 0.0962. The average Bonchev–Trinajstić information content (AvgIpc) is 3.10. The molecular formula is C16H13N7OS. The van der Waals surface area contributed by atoms with Gasteiger partial charge in [-0.1, -0.05) is 23.9 Å². The van der Waals surface area contributed by atoms with E-state index in [4.69, 9.17) is 0 Å². The maximum Gasteiger partial charge on any atom is 0.269 e. The van der Waals surface area contributed by atoms with Gasteiger partial charge in [0.15, 0.2) is 5.82 Å². The van der Waals surface area contributed by atoms with Crippen molar-refractivity contribution in [3.8, 4) is 0 Å². The van der Waals surface area contributed by atoms with Crippen molar-refractivity contribution in [2.24, 2.45) is 0 Å². The van der Waals surface area contributed by atoms with Gasteiger partial charge in [0, 0.05) is 23.3 Å². The van der Waals surface area contributed by atoms with Gasteiger partial charge in [0.05, 0.1) is 5.52 Å². The van der Waals surface area contributed by atoms with Gasteiger partial charge < -0.3 is 0 Å². The predicted molar refractivity (Wildman–Crippen MR) is 95.4 cm³/mol. The maximum atomic E-state index is 12.2. The van der Waals surface area contributed by atoms with Crippen LogP contribution in [-0.2, 0) is 0 Å². The summed E-state index contributed by atoms with van der Waals surface area (Å²) in [5.74, 6) is 0.689. The van der Waals surface area contributed by atoms with Gasteiger partial charge in [-0.2, -0.15) is 14.5 Å². The highest BCUT2D eigenvalue weighted by molar-refractivity contribution is 7.98. The summed E-state index contributed by atoms with van der Waals surface area (Å²) < 4.78 is 1.69. The molecule has 9 heteroatoms. The first kappa shape index (κ1) is 15.3. The van der Waals surface area contributed by atoms with E-state index < -0.39 is 0 Å². The Labute approximate surface area is 146 Å². The molecule has 4 rings (SSSR count). The zero-order chi connectivity index (χ0) is 17.2. The Bertz CT molecular complexity index is 1060. The van der Waals surface area contributed by atoms with Crippen molar-refractivity contribution in [1.82, 2.24) is 30.0 Å². The van der Waals surface area contributed by atoms with Gasteiger partial charge in [0.2, 0.25) is 5.16 Å². The summed E-state index contributed by atoms with van der Waals surface area (Å²) in [4.78, 5) is 24.9. The second kappa shape index (κ2) is 6.36. The normalized spacial score (nSPS) is 10.9. The molecule has 2 N–H and O–H groups in total. The Balaban J connectivity index is 1.72. The van der Waals surface area contributed by atoms with E-state index in [-0.39, 0.29) is 5.91 Å². The first-order chi connectivity index (χ1) is 12.3. The number of nitrogens with one attached hydrogen (secondary N) is 2. The van der Waals surface area contributed by atoms with Crippen molar-refractivity contribution in [3.05, 3.63) is 54.4 Å². The highest BCUT2D eigenvalue weighted by Gasteiger charge is 2.13. The van der Waals surface area contributed by atoms with Crippen molar-refractivity contribution in [1.29, 1.82) is 0 Å². The fraction of sp³-hybridized carbons (Fsp3) is 0.0625. The van der Waals surface area contributed by atoms with Crippen LogP contribution < -0.4 is 10.9 Å². The molecule has 0 aliphatic heterocycles. The number of aromatic nitrogens is 5. The van der Waals surface area contributed by atoms with Crippen LogP contribution in [0.5, 0.6) is 0 Å². The molecule has 0 bridgehead atoms. The van der Waals surface area contributed by atoms with E-state index in [2.05, 4.69) is 30.9 Å². The highest BCUT2D eigenvalue weighted by Crippen LogP contribution is 2.23. The van der Waals surface area contributed by atoms with Crippen LogP contribution in [0.4, 0.5) is 5.82 Å². The second-order valence-electron chi connectivity index (χ2n) is 5.10. The second-order valence-corrected chi connectivity index (χ2v) is 5.88. The van der Waals surface area contributed by atoms with Crippen LogP contribution >= 0.6 is 11.8 Å². The molecule has 124 valence electrons. The molecule has 1 amide bonds. The molecule has 0 radical (unpaired) electrons. The van der Waals surface area contributed by atoms with E-state index in [1.54, 1.807) is 29.0 Å². The Hall–Kier alpha value is -3.20. The lowest BCUT2D eigenvalue weighted by atomic mass is 10.2. The van der Waals surface area contributed by atoms with Gasteiger partial charge in [0.1, 0.15) is 0 Å². The number of nitrogens with zero attached hydrogens (tertiary/aromatic N) is 5. The molecule has 0 aliphatic rings. The predicted octanol–water partition coefficient (Wildman–Crippen LogP) is 2.15. The molecule has 25 heavy (non-hydrogen) atoms. The van der Waals surface area contributed by atoms with Crippen molar-refractivity contribution in [2.75, 3.05) is 11.7 Å². The number of benzene rings is 1. The first-order valence-corrected chi connectivity index (χ1v) is 8.64. The number of thioether (sulfide) groups is 1. The van der Waals surface area contributed by atoms with E-state index in [0.717, 1.165) is 10.9 Å². The number of anilines is 1. The zero-order valence-electron chi connectivity index (χ0n) is 13.2. The third-order valence-corrected chi connectivity index (χ3v) is 4.13. The van der Waals surface area contributed by atoms with Crippen LogP contribution in [-0.4, -0.2) is 36.7 Å². The third-order valence-electron chi connectivity index (χ3n) is 3.59. The summed E-state index contributed by atoms with van der Waals surface area (Å²) in [5, 5.41) is 5.88. The summed E-state index contributed by atoms with van der Waals surface area (Å²) in [5.41, 5.74) is 6.89. The number of para-hydroxylation sites is 1. The van der Waals surface area contributed by atoms with Gasteiger partial charge in [-0.3, -0.25) is 20.6 Å². The van der Waals surface area contributed by atoms with E-state index in [1.165, 1.54) is 11.8 Å². The van der Waals surface area contributed by atoms with Gasteiger partial charge in [-0.15, -0.1) is 5.10 Å². The fourth-order valence-corrected chi connectivity index (χ4v) is 2.75. The molecular weight excluding hydrogens is 338 g/mol. The molecule has 0 fully saturated rings. The van der Waals surface area contributed by atoms with Gasteiger partial charge >= 0.3 is 0 Å². The summed E-state index contributed by atoms with van der Waals surface area (Å²) >= 11 is 1.45. The van der Waals surface area contributed by atoms with E-state index >= 15 is 0 Å². The number of carbonyl (C=O) groups excluding carboxylic acids is 1. The smallest absolute Gasteiger partial charge is 0.269 e. The number of rotatable bonds is 4. The number of pyridine rings is 1. The molecule has 0 saturated carbocycles. The third kappa shape index (κ3) is 2.85. The van der Waals surface area contributed by atoms with Crippen LogP contribution in [0.25, 0.3) is 16.7 Å². The Morgan fingerprint density at radius 1 is 1.12 bits per heavy atom. The largest absolute Gasteiger partial charge is 0.281 e. The monoisotopic (exact) mass is 351 g/mol. The maximum absolute atomic E-state index is 12.2. The minimum Gasteiger partial charge on any atom is -0.281 e. The standard InChI is InChI=1S/C16H13N7OS/c1-25-16-19-15-18-13(11-4-2-3-5-12(11)23(15)22-16)20-21-14(24)10-6-8-17-9-7-10/h2-9H,1H3,(H,21,24)(H,18,19,20,22). The first-order valence-electron chi connectivity index (χ1n) is 7.42. The van der Waals surface area contributed by atoms with Crippen molar-refractivity contribution in [3.63, 3.8) is 0 Å². The number of hydrogen-bond donors (Lipinski definition) is 2. The Morgan fingerprint density at radius 2 is 1.92 bits per heavy atom. The summed E-state index contributed by atoms with van der Waals surface area (Å²) in [7, 11) is 0. The van der Waals surface area contributed by atoms with Crippen LogP contribution in [0.3, 0.4) is 0 Å². The number of amides is 1. The quantitative estimate of drug-likeness (QED) is 0.429. The summed E-state index contributed by atoms with van der Waals surface area (Å²) in [6.45, 7) is 0. The lowest BCUT2D eigenvalue weighted by Gasteiger charge is -2.10. The van der Waals surface area contributed by atoms with Crippen LogP contribution in [0, 0.1) is 0 Å². The molecule has 0 saturated heterocycles. The molecule has 0 aliphatic carbocycles. The number of fused-ring (bicyclic) bond motifs is 3. The fourth-order valence-electron chi connectivity index (χ4n) is 2.41. The lowest BCUT2D eigenvalue weighted by Crippen LogP contribution is -2.30. The molecule has 1 aromatic carbocycles. The average molecular weight is 351 g/mol. The van der Waals surface area contributed by atoms with Gasteiger partial charge in [-0.05, 0) is 30.5 Å². The molecule has 8 nitrogen and oxygen atoms in total. The van der Waals surface area contributed by atoms with E-state index in [0.29, 0.717) is 22.3 Å². The topological polar surface area (TPSA) is 97.1 Å². The summed E-state index contributed by atoms with van der Waals surface area (Å²) in [6, 6.07) is 10.9. The molecule has 0 unspecified atom stereocenters. The minimum atomic E-state index is -0.278. The minimum absolute atomic E-state index is 0.278. The van der Waals surface area contributed by atoms with Crippen molar-refractivity contribution in [2.45, 2.75) is 5.16 Å². The van der Waals surface area contributed by atoms with Gasteiger partial charge in [-0.25, -0.2) is 0 Å². The number of hydrogen-bond acceptors (Lipinski definition) is 7.